The van der Waals surface area contributed by atoms with Crippen LogP contribution >= 0.6 is 0 Å². The van der Waals surface area contributed by atoms with Gasteiger partial charge in [0.15, 0.2) is 0 Å². The fourth-order valence-electron chi connectivity index (χ4n) is 5.32. The summed E-state index contributed by atoms with van der Waals surface area (Å²) >= 11 is 0. The van der Waals surface area contributed by atoms with E-state index in [0.29, 0.717) is 31.9 Å². The van der Waals surface area contributed by atoms with E-state index >= 15 is 0 Å². The summed E-state index contributed by atoms with van der Waals surface area (Å²) in [6.45, 7) is 6.91. The molecule has 11 nitrogen and oxygen atoms in total. The van der Waals surface area contributed by atoms with Gasteiger partial charge >= 0.3 is 0 Å². The summed E-state index contributed by atoms with van der Waals surface area (Å²) in [4.78, 5) is 48.9. The van der Waals surface area contributed by atoms with Gasteiger partial charge in [0.2, 0.25) is 17.7 Å². The molecule has 3 aromatic rings. The minimum atomic E-state index is -0.953. The zero-order valence-electron chi connectivity index (χ0n) is 25.3. The Bertz CT molecular complexity index is 1370. The Hall–Kier alpha value is -4.22. The molecule has 0 bridgehead atoms. The number of carbonyl (C=O) groups excluding carboxylic acids is 3. The number of hydrogen-bond acceptors (Lipinski definition) is 7. The predicted molar refractivity (Wildman–Crippen MR) is 162 cm³/mol. The summed E-state index contributed by atoms with van der Waals surface area (Å²) in [6.07, 6.45) is 4.72. The van der Waals surface area contributed by atoms with Crippen LogP contribution in [0.2, 0.25) is 0 Å². The van der Waals surface area contributed by atoms with E-state index in [1.165, 1.54) is 5.01 Å². The van der Waals surface area contributed by atoms with Crippen LogP contribution in [0.25, 0.3) is 0 Å². The molecular weight excluding hydrogens is 548 g/mol. The quantitative estimate of drug-likeness (QED) is 0.231. The average molecular weight is 591 g/mol. The van der Waals surface area contributed by atoms with Crippen LogP contribution in [0, 0.1) is 6.92 Å². The molecule has 3 amide bonds. The summed E-state index contributed by atoms with van der Waals surface area (Å²) in [5.74, 6) is -0.558. The number of likely N-dealkylation sites (tertiary alicyclic amines) is 1. The van der Waals surface area contributed by atoms with Crippen molar-refractivity contribution in [3.8, 4) is 5.75 Å². The maximum atomic E-state index is 14.3. The van der Waals surface area contributed by atoms with Gasteiger partial charge in [-0.2, -0.15) is 0 Å². The SMILES string of the molecule is CCCOC1(c2ccccc2C)CN(C(=O)[C@H](Cc2ccc(OC)cc2)N(NC(C)C(N)=O)C(=O)CCc2cnc[nH]2)C1. The minimum Gasteiger partial charge on any atom is -0.497 e. The molecule has 43 heavy (non-hydrogen) atoms. The summed E-state index contributed by atoms with van der Waals surface area (Å²) in [7, 11) is 1.59. The first-order chi connectivity index (χ1) is 20.7. The smallest absolute Gasteiger partial charge is 0.247 e. The minimum absolute atomic E-state index is 0.0832. The first-order valence-corrected chi connectivity index (χ1v) is 14.6. The van der Waals surface area contributed by atoms with Crippen molar-refractivity contribution in [2.24, 2.45) is 5.73 Å². The van der Waals surface area contributed by atoms with Crippen molar-refractivity contribution in [1.82, 2.24) is 25.3 Å². The van der Waals surface area contributed by atoms with E-state index in [1.54, 1.807) is 31.5 Å². The van der Waals surface area contributed by atoms with Crippen molar-refractivity contribution in [2.75, 3.05) is 26.8 Å². The Morgan fingerprint density at radius 1 is 1.16 bits per heavy atom. The van der Waals surface area contributed by atoms with Crippen LogP contribution in [0.3, 0.4) is 0 Å². The van der Waals surface area contributed by atoms with Gasteiger partial charge in [-0.15, -0.1) is 0 Å². The highest BCUT2D eigenvalue weighted by Gasteiger charge is 2.50. The molecular formula is C32H42N6O5. The van der Waals surface area contributed by atoms with Gasteiger partial charge in [-0.3, -0.25) is 19.4 Å². The van der Waals surface area contributed by atoms with Crippen molar-refractivity contribution in [3.05, 3.63) is 83.4 Å². The number of hydrazine groups is 1. The van der Waals surface area contributed by atoms with Gasteiger partial charge in [0.05, 0.1) is 26.5 Å². The van der Waals surface area contributed by atoms with Crippen molar-refractivity contribution in [3.63, 3.8) is 0 Å². The molecule has 4 rings (SSSR count). The lowest BCUT2D eigenvalue weighted by molar-refractivity contribution is -0.180. The number of nitrogens with zero attached hydrogens (tertiary/aromatic N) is 3. The van der Waals surface area contributed by atoms with Gasteiger partial charge in [-0.25, -0.2) is 10.4 Å². The summed E-state index contributed by atoms with van der Waals surface area (Å²) in [6, 6.07) is 13.6. The number of primary amides is 1. The lowest BCUT2D eigenvalue weighted by Gasteiger charge is -2.52. The van der Waals surface area contributed by atoms with Crippen molar-refractivity contribution in [2.45, 2.75) is 64.1 Å². The lowest BCUT2D eigenvalue weighted by Crippen LogP contribution is -2.68. The molecule has 1 aromatic heterocycles. The number of H-pyrrole nitrogens is 1. The normalized spacial score (nSPS) is 15.3. The number of rotatable bonds is 15. The summed E-state index contributed by atoms with van der Waals surface area (Å²) < 4.78 is 11.7. The highest BCUT2D eigenvalue weighted by Crippen LogP contribution is 2.38. The predicted octanol–water partition coefficient (Wildman–Crippen LogP) is 2.64. The molecule has 1 aliphatic heterocycles. The van der Waals surface area contributed by atoms with E-state index in [1.807, 2.05) is 55.5 Å². The Morgan fingerprint density at radius 3 is 2.49 bits per heavy atom. The van der Waals surface area contributed by atoms with E-state index in [2.05, 4.69) is 22.3 Å². The molecule has 1 saturated heterocycles. The van der Waals surface area contributed by atoms with Crippen LogP contribution in [0.15, 0.2) is 61.1 Å². The summed E-state index contributed by atoms with van der Waals surface area (Å²) in [5.41, 5.74) is 11.6. The number of aromatic amines is 1. The molecule has 1 aliphatic rings. The van der Waals surface area contributed by atoms with Gasteiger partial charge in [0.25, 0.3) is 0 Å². The standard InChI is InChI=1S/C32H42N6O5/c1-5-16-43-32(27-9-7-6-8-22(27)2)19-37(20-32)31(41)28(17-24-10-13-26(42-4)14-11-24)38(36-23(3)30(33)40)29(39)15-12-25-18-34-21-35-25/h6-11,13-14,18,21,23,28,36H,5,12,15-17,19-20H2,1-4H3,(H2,33,40)(H,34,35)/t23?,28-/m0/s1. The van der Waals surface area contributed by atoms with Crippen molar-refractivity contribution < 1.29 is 23.9 Å². The van der Waals surface area contributed by atoms with Crippen LogP contribution in [0.4, 0.5) is 0 Å². The second-order valence-corrected chi connectivity index (χ2v) is 11.0. The number of hydrogen-bond donors (Lipinski definition) is 3. The maximum Gasteiger partial charge on any atom is 0.247 e. The van der Waals surface area contributed by atoms with Gasteiger partial charge < -0.3 is 25.1 Å². The van der Waals surface area contributed by atoms with Crippen molar-refractivity contribution in [1.29, 1.82) is 0 Å². The maximum absolute atomic E-state index is 14.3. The van der Waals surface area contributed by atoms with Crippen LogP contribution < -0.4 is 15.9 Å². The van der Waals surface area contributed by atoms with Gasteiger partial charge in [0, 0.05) is 31.3 Å². The Balaban J connectivity index is 1.65. The Kier molecular flexibility index (Phi) is 10.5. The molecule has 0 aliphatic carbocycles. The molecule has 1 fully saturated rings. The molecule has 230 valence electrons. The molecule has 0 saturated carbocycles. The van der Waals surface area contributed by atoms with Crippen molar-refractivity contribution >= 4 is 17.7 Å². The zero-order valence-corrected chi connectivity index (χ0v) is 25.3. The van der Waals surface area contributed by atoms with Crippen LogP contribution in [0.1, 0.15) is 49.1 Å². The third-order valence-corrected chi connectivity index (χ3v) is 7.80. The number of nitrogens with one attached hydrogen (secondary N) is 2. The number of nitrogens with two attached hydrogens (primary N) is 1. The lowest BCUT2D eigenvalue weighted by atomic mass is 9.82. The fourth-order valence-corrected chi connectivity index (χ4v) is 5.32. The highest BCUT2D eigenvalue weighted by molar-refractivity contribution is 5.89. The molecule has 0 radical (unpaired) electrons. The topological polar surface area (TPSA) is 143 Å². The number of amides is 3. The highest BCUT2D eigenvalue weighted by atomic mass is 16.5. The molecule has 2 atom stereocenters. The van der Waals surface area contributed by atoms with E-state index in [4.69, 9.17) is 15.2 Å². The van der Waals surface area contributed by atoms with E-state index in [0.717, 1.165) is 28.8 Å². The number of imidazole rings is 1. The van der Waals surface area contributed by atoms with E-state index in [9.17, 15) is 14.4 Å². The summed E-state index contributed by atoms with van der Waals surface area (Å²) in [5, 5.41) is 1.29. The third kappa shape index (κ3) is 7.60. The average Bonchev–Trinajstić information content (AvgIpc) is 3.51. The second-order valence-electron chi connectivity index (χ2n) is 11.0. The van der Waals surface area contributed by atoms with E-state index < -0.39 is 23.6 Å². The number of aryl methyl sites for hydroxylation is 2. The monoisotopic (exact) mass is 590 g/mol. The second kappa shape index (κ2) is 14.3. The van der Waals surface area contributed by atoms with Crippen LogP contribution in [-0.2, 0) is 37.6 Å². The number of ether oxygens (including phenoxy) is 2. The molecule has 2 aromatic carbocycles. The van der Waals surface area contributed by atoms with Gasteiger partial charge in [0.1, 0.15) is 23.4 Å². The number of methoxy groups -OCH3 is 1. The molecule has 2 heterocycles. The molecule has 1 unspecified atom stereocenters. The third-order valence-electron chi connectivity index (χ3n) is 7.80. The van der Waals surface area contributed by atoms with Crippen LogP contribution in [0.5, 0.6) is 5.75 Å². The fraction of sp³-hybridized carbons (Fsp3) is 0.438. The number of benzene rings is 2. The zero-order chi connectivity index (χ0) is 31.0. The van der Waals surface area contributed by atoms with E-state index in [-0.39, 0.29) is 24.7 Å². The molecule has 4 N–H and O–H groups in total. The first kappa shape index (κ1) is 31.7. The van der Waals surface area contributed by atoms with Gasteiger partial charge in [-0.05, 0) is 55.5 Å². The largest absolute Gasteiger partial charge is 0.497 e. The first-order valence-electron chi connectivity index (χ1n) is 14.6. The Labute approximate surface area is 252 Å². The van der Waals surface area contributed by atoms with Crippen LogP contribution in [-0.4, -0.2) is 76.5 Å². The number of aromatic nitrogens is 2. The number of carbonyl (C=O) groups is 3. The van der Waals surface area contributed by atoms with Gasteiger partial charge in [-0.1, -0.05) is 43.3 Å². The molecule has 11 heteroatoms. The Morgan fingerprint density at radius 2 is 1.88 bits per heavy atom. The molecule has 0 spiro atoms.